The smallest absolute Gasteiger partial charge is 0.260 e. The zero-order chi connectivity index (χ0) is 16.9. The van der Waals surface area contributed by atoms with Crippen LogP contribution in [0.15, 0.2) is 24.3 Å². The van der Waals surface area contributed by atoms with Gasteiger partial charge >= 0.3 is 0 Å². The van der Waals surface area contributed by atoms with Gasteiger partial charge in [-0.1, -0.05) is 18.2 Å². The van der Waals surface area contributed by atoms with Crippen molar-refractivity contribution in [3.05, 3.63) is 29.8 Å². The number of hydrogen-bond acceptors (Lipinski definition) is 4. The third-order valence-corrected chi connectivity index (χ3v) is 4.66. The number of sulfonamides is 1. The molecule has 0 aliphatic carbocycles. The van der Waals surface area contributed by atoms with Crippen LogP contribution in [0.25, 0.3) is 0 Å². The standard InChI is InChI=1S/C16H24N2O4S/c1-13-7-3-4-9-15(13)22-12-16(19)18-10-6-5-8-14(18)11-17-23(2,20)21/h3-4,7,9,14,17H,5-6,8,10-12H2,1-2H3. The number of rotatable bonds is 6. The summed E-state index contributed by atoms with van der Waals surface area (Å²) in [5, 5.41) is 0. The number of nitrogens with zero attached hydrogens (tertiary/aromatic N) is 1. The van der Waals surface area contributed by atoms with Crippen LogP contribution in [0.1, 0.15) is 24.8 Å². The van der Waals surface area contributed by atoms with Crippen molar-refractivity contribution < 1.29 is 17.9 Å². The number of aryl methyl sites for hydroxylation is 1. The van der Waals surface area contributed by atoms with E-state index in [2.05, 4.69) is 4.72 Å². The van der Waals surface area contributed by atoms with Gasteiger partial charge < -0.3 is 9.64 Å². The van der Waals surface area contributed by atoms with Crippen molar-refractivity contribution in [1.82, 2.24) is 9.62 Å². The summed E-state index contributed by atoms with van der Waals surface area (Å²) in [6.45, 7) is 2.81. The Balaban J connectivity index is 1.94. The average Bonchev–Trinajstić information content (AvgIpc) is 2.51. The molecule has 1 fully saturated rings. The zero-order valence-electron chi connectivity index (χ0n) is 13.6. The number of likely N-dealkylation sites (tertiary alicyclic amines) is 1. The molecule has 6 nitrogen and oxygen atoms in total. The van der Waals surface area contributed by atoms with E-state index < -0.39 is 10.0 Å². The minimum atomic E-state index is -3.25. The van der Waals surface area contributed by atoms with E-state index in [1.165, 1.54) is 0 Å². The molecule has 0 bridgehead atoms. The molecular weight excluding hydrogens is 316 g/mol. The molecule has 1 amide bonds. The van der Waals surface area contributed by atoms with Crippen molar-refractivity contribution in [2.45, 2.75) is 32.2 Å². The zero-order valence-corrected chi connectivity index (χ0v) is 14.4. The van der Waals surface area contributed by atoms with Gasteiger partial charge in [0.05, 0.1) is 6.26 Å². The van der Waals surface area contributed by atoms with E-state index in [-0.39, 0.29) is 25.1 Å². The highest BCUT2D eigenvalue weighted by atomic mass is 32.2. The van der Waals surface area contributed by atoms with Gasteiger partial charge in [-0.05, 0) is 37.8 Å². The molecule has 0 spiro atoms. The first-order valence-electron chi connectivity index (χ1n) is 7.79. The van der Waals surface area contributed by atoms with Crippen LogP contribution in [-0.4, -0.2) is 51.2 Å². The second-order valence-electron chi connectivity index (χ2n) is 5.91. The second kappa shape index (κ2) is 7.79. The van der Waals surface area contributed by atoms with Crippen LogP contribution in [0.2, 0.25) is 0 Å². The summed E-state index contributed by atoms with van der Waals surface area (Å²) in [5.74, 6) is 0.594. The van der Waals surface area contributed by atoms with Gasteiger partial charge in [-0.2, -0.15) is 0 Å². The van der Waals surface area contributed by atoms with Gasteiger partial charge in [-0.15, -0.1) is 0 Å². The van der Waals surface area contributed by atoms with Gasteiger partial charge in [0.15, 0.2) is 6.61 Å². The number of amides is 1. The van der Waals surface area contributed by atoms with Crippen LogP contribution in [0.5, 0.6) is 5.75 Å². The molecule has 7 heteroatoms. The molecule has 1 unspecified atom stereocenters. The molecule has 1 aromatic carbocycles. The Morgan fingerprint density at radius 2 is 2.09 bits per heavy atom. The first-order valence-corrected chi connectivity index (χ1v) is 9.68. The number of para-hydroxylation sites is 1. The summed E-state index contributed by atoms with van der Waals surface area (Å²) in [4.78, 5) is 14.2. The van der Waals surface area contributed by atoms with Crippen LogP contribution >= 0.6 is 0 Å². The molecule has 0 aromatic heterocycles. The summed E-state index contributed by atoms with van der Waals surface area (Å²) in [5.41, 5.74) is 0.981. The molecule has 1 aliphatic heterocycles. The number of carbonyl (C=O) groups excluding carboxylic acids is 1. The number of hydrogen-bond donors (Lipinski definition) is 1. The summed E-state index contributed by atoms with van der Waals surface area (Å²) in [7, 11) is -3.25. The lowest BCUT2D eigenvalue weighted by Gasteiger charge is -2.35. The molecule has 0 saturated carbocycles. The predicted octanol–water partition coefficient (Wildman–Crippen LogP) is 1.30. The molecular formula is C16H24N2O4S. The van der Waals surface area contributed by atoms with Gasteiger partial charge in [0.1, 0.15) is 5.75 Å². The molecule has 23 heavy (non-hydrogen) atoms. The van der Waals surface area contributed by atoms with Gasteiger partial charge in [-0.3, -0.25) is 4.79 Å². The van der Waals surface area contributed by atoms with Gasteiger partial charge in [-0.25, -0.2) is 13.1 Å². The fourth-order valence-electron chi connectivity index (χ4n) is 2.73. The minimum Gasteiger partial charge on any atom is -0.484 e. The fraction of sp³-hybridized carbons (Fsp3) is 0.562. The third-order valence-electron chi connectivity index (χ3n) is 3.97. The lowest BCUT2D eigenvalue weighted by atomic mass is 10.0. The fourth-order valence-corrected chi connectivity index (χ4v) is 3.22. The minimum absolute atomic E-state index is 0.0276. The number of ether oxygens (including phenoxy) is 1. The van der Waals surface area contributed by atoms with Gasteiger partial charge in [0, 0.05) is 19.1 Å². The Morgan fingerprint density at radius 3 is 2.78 bits per heavy atom. The molecule has 128 valence electrons. The Kier molecular flexibility index (Phi) is 6.01. The number of benzene rings is 1. The van der Waals surface area contributed by atoms with Crippen LogP contribution in [-0.2, 0) is 14.8 Å². The van der Waals surface area contributed by atoms with Gasteiger partial charge in [0.2, 0.25) is 10.0 Å². The van der Waals surface area contributed by atoms with Crippen molar-refractivity contribution in [3.8, 4) is 5.75 Å². The number of carbonyl (C=O) groups is 1. The number of nitrogens with one attached hydrogen (secondary N) is 1. The van der Waals surface area contributed by atoms with E-state index in [1.807, 2.05) is 31.2 Å². The summed E-state index contributed by atoms with van der Waals surface area (Å²) >= 11 is 0. The third kappa shape index (κ3) is 5.51. The second-order valence-corrected chi connectivity index (χ2v) is 7.74. The first-order chi connectivity index (χ1) is 10.9. The largest absolute Gasteiger partial charge is 0.484 e. The lowest BCUT2D eigenvalue weighted by Crippen LogP contribution is -2.50. The Hall–Kier alpha value is -1.60. The molecule has 1 aromatic rings. The summed E-state index contributed by atoms with van der Waals surface area (Å²) in [6, 6.07) is 7.45. The maximum Gasteiger partial charge on any atom is 0.260 e. The van der Waals surface area contributed by atoms with E-state index in [0.29, 0.717) is 12.3 Å². The molecule has 1 atom stereocenters. The van der Waals surface area contributed by atoms with Crippen molar-refractivity contribution in [1.29, 1.82) is 0 Å². The molecule has 1 aliphatic rings. The van der Waals surface area contributed by atoms with Crippen LogP contribution in [0.3, 0.4) is 0 Å². The van der Waals surface area contributed by atoms with E-state index in [9.17, 15) is 13.2 Å². The Morgan fingerprint density at radius 1 is 1.35 bits per heavy atom. The van der Waals surface area contributed by atoms with Crippen molar-refractivity contribution in [2.24, 2.45) is 0 Å². The maximum atomic E-state index is 12.4. The Labute approximate surface area is 137 Å². The van der Waals surface area contributed by atoms with E-state index in [1.54, 1.807) is 4.90 Å². The van der Waals surface area contributed by atoms with Crippen molar-refractivity contribution in [2.75, 3.05) is 26.0 Å². The molecule has 1 heterocycles. The van der Waals surface area contributed by atoms with Crippen LogP contribution < -0.4 is 9.46 Å². The number of piperidine rings is 1. The molecule has 2 rings (SSSR count). The average molecular weight is 340 g/mol. The topological polar surface area (TPSA) is 75.7 Å². The van der Waals surface area contributed by atoms with Crippen molar-refractivity contribution >= 4 is 15.9 Å². The summed E-state index contributed by atoms with van der Waals surface area (Å²) in [6.07, 6.45) is 3.87. The highest BCUT2D eigenvalue weighted by molar-refractivity contribution is 7.88. The highest BCUT2D eigenvalue weighted by Gasteiger charge is 2.27. The van der Waals surface area contributed by atoms with E-state index in [0.717, 1.165) is 31.1 Å². The normalized spacial score (nSPS) is 18.7. The van der Waals surface area contributed by atoms with E-state index >= 15 is 0 Å². The maximum absolute atomic E-state index is 12.4. The monoisotopic (exact) mass is 340 g/mol. The van der Waals surface area contributed by atoms with Crippen LogP contribution in [0, 0.1) is 6.92 Å². The SMILES string of the molecule is Cc1ccccc1OCC(=O)N1CCCCC1CNS(C)(=O)=O. The van der Waals surface area contributed by atoms with Crippen LogP contribution in [0.4, 0.5) is 0 Å². The quantitative estimate of drug-likeness (QED) is 0.847. The summed E-state index contributed by atoms with van der Waals surface area (Å²) < 4.78 is 30.6. The lowest BCUT2D eigenvalue weighted by molar-refractivity contribution is -0.136. The predicted molar refractivity (Wildman–Crippen MR) is 88.9 cm³/mol. The molecule has 1 saturated heterocycles. The van der Waals surface area contributed by atoms with E-state index in [4.69, 9.17) is 4.74 Å². The molecule has 0 radical (unpaired) electrons. The molecule has 1 N–H and O–H groups in total. The highest BCUT2D eigenvalue weighted by Crippen LogP contribution is 2.19. The Bertz CT molecular complexity index is 645. The van der Waals surface area contributed by atoms with Gasteiger partial charge in [0.25, 0.3) is 5.91 Å². The van der Waals surface area contributed by atoms with Crippen molar-refractivity contribution in [3.63, 3.8) is 0 Å². The first kappa shape index (κ1) is 17.7.